The van der Waals surface area contributed by atoms with Crippen molar-refractivity contribution in [2.75, 3.05) is 19.8 Å². The van der Waals surface area contributed by atoms with Gasteiger partial charge in [0.25, 0.3) is 5.69 Å². The molecule has 0 fully saturated rings. The van der Waals surface area contributed by atoms with Gasteiger partial charge in [-0.15, -0.1) is 0 Å². The summed E-state index contributed by atoms with van der Waals surface area (Å²) in [6, 6.07) is 5.61. The van der Waals surface area contributed by atoms with Crippen LogP contribution in [0.3, 0.4) is 0 Å². The van der Waals surface area contributed by atoms with Gasteiger partial charge in [-0.3, -0.25) is 19.7 Å². The fourth-order valence-corrected chi connectivity index (χ4v) is 4.24. The van der Waals surface area contributed by atoms with Crippen molar-refractivity contribution in [2.24, 2.45) is 0 Å². The molecule has 0 aliphatic heterocycles. The third-order valence-electron chi connectivity index (χ3n) is 6.86. The molecule has 0 radical (unpaired) electrons. The molecule has 9 nitrogen and oxygen atoms in total. The van der Waals surface area contributed by atoms with Crippen LogP contribution in [-0.2, 0) is 19.1 Å². The van der Waals surface area contributed by atoms with Gasteiger partial charge in [0.15, 0.2) is 0 Å². The predicted molar refractivity (Wildman–Crippen MR) is 155 cm³/mol. The minimum absolute atomic E-state index is 0.0406. The minimum Gasteiger partial charge on any atom is -0.493 e. The van der Waals surface area contributed by atoms with Crippen LogP contribution in [0.15, 0.2) is 24.3 Å². The van der Waals surface area contributed by atoms with E-state index in [1.807, 2.05) is 0 Å². The van der Waals surface area contributed by atoms with E-state index < -0.39 is 22.5 Å². The summed E-state index contributed by atoms with van der Waals surface area (Å²) >= 11 is 0. The number of benzene rings is 1. The van der Waals surface area contributed by atoms with Gasteiger partial charge < -0.3 is 19.3 Å². The fraction of sp³-hybridized carbons (Fsp3) is 0.742. The maximum absolute atomic E-state index is 12.3. The Kier molecular flexibility index (Phi) is 19.5. The van der Waals surface area contributed by atoms with Crippen molar-refractivity contribution in [3.63, 3.8) is 0 Å². The third kappa shape index (κ3) is 17.8. The van der Waals surface area contributed by atoms with Crippen LogP contribution in [0.2, 0.25) is 0 Å². The molecule has 0 saturated heterocycles. The highest BCUT2D eigenvalue weighted by molar-refractivity contribution is 5.70. The standard InChI is InChI=1S/C31H51NO8/c1-3-5-7-9-11-13-15-17-29(33)39-25-31(35,23-24-38-28-21-19-27(20-22-28)32(36)37)26-40-30(34)18-16-14-12-10-8-6-4-2/h19-22,35H,3-18,23-26H2,1-2H3. The van der Waals surface area contributed by atoms with Gasteiger partial charge in [-0.05, 0) is 25.0 Å². The average Bonchev–Trinajstić information content (AvgIpc) is 2.94. The van der Waals surface area contributed by atoms with E-state index in [1.165, 1.54) is 75.6 Å². The van der Waals surface area contributed by atoms with Gasteiger partial charge in [-0.2, -0.15) is 0 Å². The molecule has 1 rings (SSSR count). The van der Waals surface area contributed by atoms with Crippen LogP contribution in [0.1, 0.15) is 123 Å². The molecule has 0 saturated carbocycles. The SMILES string of the molecule is CCCCCCCCCC(=O)OCC(O)(CCOc1ccc([N+](=O)[O-])cc1)COC(=O)CCCCCCCCC. The molecular weight excluding hydrogens is 514 g/mol. The second kappa shape index (κ2) is 22.1. The van der Waals surface area contributed by atoms with Crippen molar-refractivity contribution in [1.82, 2.24) is 0 Å². The van der Waals surface area contributed by atoms with Crippen molar-refractivity contribution >= 4 is 17.6 Å². The molecule has 0 spiro atoms. The second-order valence-corrected chi connectivity index (χ2v) is 10.6. The van der Waals surface area contributed by atoms with Crippen LogP contribution >= 0.6 is 0 Å². The molecule has 0 bridgehead atoms. The summed E-state index contributed by atoms with van der Waals surface area (Å²) in [4.78, 5) is 34.9. The zero-order valence-corrected chi connectivity index (χ0v) is 24.7. The Labute approximate surface area is 240 Å². The highest BCUT2D eigenvalue weighted by Gasteiger charge is 2.31. The lowest BCUT2D eigenvalue weighted by Crippen LogP contribution is -2.42. The number of carbonyl (C=O) groups excluding carboxylic acids is 2. The van der Waals surface area contributed by atoms with Gasteiger partial charge in [0.2, 0.25) is 0 Å². The molecule has 1 aromatic carbocycles. The summed E-state index contributed by atoms with van der Waals surface area (Å²) in [6.45, 7) is 3.78. The summed E-state index contributed by atoms with van der Waals surface area (Å²) in [5.74, 6) is -0.379. The summed E-state index contributed by atoms with van der Waals surface area (Å²) in [7, 11) is 0. The zero-order valence-electron chi connectivity index (χ0n) is 24.7. The smallest absolute Gasteiger partial charge is 0.305 e. The van der Waals surface area contributed by atoms with Crippen molar-refractivity contribution in [2.45, 2.75) is 129 Å². The number of non-ortho nitro benzene ring substituents is 1. The van der Waals surface area contributed by atoms with E-state index >= 15 is 0 Å². The van der Waals surface area contributed by atoms with Crippen LogP contribution in [-0.4, -0.2) is 47.4 Å². The first-order chi connectivity index (χ1) is 19.3. The van der Waals surface area contributed by atoms with Crippen molar-refractivity contribution in [3.8, 4) is 5.75 Å². The quantitative estimate of drug-likeness (QED) is 0.0560. The largest absolute Gasteiger partial charge is 0.493 e. The maximum Gasteiger partial charge on any atom is 0.305 e. The highest BCUT2D eigenvalue weighted by Crippen LogP contribution is 2.20. The molecule has 1 aromatic rings. The first-order valence-electron chi connectivity index (χ1n) is 15.2. The first kappa shape index (κ1) is 35.3. The zero-order chi connectivity index (χ0) is 29.5. The van der Waals surface area contributed by atoms with E-state index in [0.717, 1.165) is 38.5 Å². The number of aliphatic hydroxyl groups is 1. The summed E-state index contributed by atoms with van der Waals surface area (Å²) < 4.78 is 16.4. The lowest BCUT2D eigenvalue weighted by molar-refractivity contribution is -0.384. The number of nitrogens with zero attached hydrogens (tertiary/aromatic N) is 1. The molecule has 0 amide bonds. The summed E-state index contributed by atoms with van der Waals surface area (Å²) in [5, 5.41) is 22.0. The Balaban J connectivity index is 2.51. The lowest BCUT2D eigenvalue weighted by Gasteiger charge is -2.27. The minimum atomic E-state index is -1.60. The van der Waals surface area contributed by atoms with Gasteiger partial charge in [-0.1, -0.05) is 90.9 Å². The maximum atomic E-state index is 12.3. The topological polar surface area (TPSA) is 125 Å². The molecule has 0 aliphatic carbocycles. The van der Waals surface area contributed by atoms with E-state index in [0.29, 0.717) is 5.75 Å². The van der Waals surface area contributed by atoms with E-state index in [1.54, 1.807) is 0 Å². The molecule has 0 aromatic heterocycles. The van der Waals surface area contributed by atoms with E-state index in [4.69, 9.17) is 14.2 Å². The number of rotatable bonds is 25. The number of hydrogen-bond donors (Lipinski definition) is 1. The molecule has 1 N–H and O–H groups in total. The molecule has 9 heteroatoms. The Morgan fingerprint density at radius 1 is 0.750 bits per heavy atom. The Hall–Kier alpha value is -2.68. The van der Waals surface area contributed by atoms with Gasteiger partial charge in [0, 0.05) is 31.4 Å². The lowest BCUT2D eigenvalue weighted by atomic mass is 10.0. The molecule has 0 heterocycles. The molecule has 40 heavy (non-hydrogen) atoms. The van der Waals surface area contributed by atoms with Crippen LogP contribution in [0, 0.1) is 10.1 Å². The molecule has 0 unspecified atom stereocenters. The van der Waals surface area contributed by atoms with Crippen LogP contribution in [0.4, 0.5) is 5.69 Å². The summed E-state index contributed by atoms with van der Waals surface area (Å²) in [6.07, 6.45) is 15.8. The number of unbranched alkanes of at least 4 members (excludes halogenated alkanes) is 12. The molecule has 0 atom stereocenters. The Bertz CT molecular complexity index is 793. The monoisotopic (exact) mass is 565 g/mol. The third-order valence-corrected chi connectivity index (χ3v) is 6.86. The summed E-state index contributed by atoms with van der Waals surface area (Å²) in [5.41, 5.74) is -1.66. The second-order valence-electron chi connectivity index (χ2n) is 10.6. The first-order valence-corrected chi connectivity index (χ1v) is 15.2. The number of carbonyl (C=O) groups is 2. The van der Waals surface area contributed by atoms with Gasteiger partial charge in [-0.25, -0.2) is 0 Å². The predicted octanol–water partition coefficient (Wildman–Crippen LogP) is 7.46. The Morgan fingerprint density at radius 3 is 1.60 bits per heavy atom. The number of esters is 2. The van der Waals surface area contributed by atoms with Crippen LogP contribution in [0.5, 0.6) is 5.75 Å². The van der Waals surface area contributed by atoms with Gasteiger partial charge >= 0.3 is 11.9 Å². The van der Waals surface area contributed by atoms with Crippen LogP contribution in [0.25, 0.3) is 0 Å². The van der Waals surface area contributed by atoms with E-state index in [9.17, 15) is 24.8 Å². The number of ether oxygens (including phenoxy) is 3. The number of nitro groups is 1. The normalized spacial score (nSPS) is 11.3. The fourth-order valence-electron chi connectivity index (χ4n) is 4.24. The molecule has 0 aliphatic rings. The van der Waals surface area contributed by atoms with E-state index in [-0.39, 0.29) is 44.8 Å². The van der Waals surface area contributed by atoms with Crippen molar-refractivity contribution in [3.05, 3.63) is 34.4 Å². The molecule has 228 valence electrons. The Morgan fingerprint density at radius 2 is 1.18 bits per heavy atom. The van der Waals surface area contributed by atoms with E-state index in [2.05, 4.69) is 13.8 Å². The molecular formula is C31H51NO8. The van der Waals surface area contributed by atoms with Crippen molar-refractivity contribution in [1.29, 1.82) is 0 Å². The van der Waals surface area contributed by atoms with Gasteiger partial charge in [0.05, 0.1) is 11.5 Å². The highest BCUT2D eigenvalue weighted by atomic mass is 16.6. The van der Waals surface area contributed by atoms with Crippen LogP contribution < -0.4 is 4.74 Å². The van der Waals surface area contributed by atoms with Crippen molar-refractivity contribution < 1.29 is 33.8 Å². The number of hydrogen-bond acceptors (Lipinski definition) is 8. The number of nitro benzene ring substituents is 1. The van der Waals surface area contributed by atoms with Gasteiger partial charge in [0.1, 0.15) is 24.6 Å². The average molecular weight is 566 g/mol.